The van der Waals surface area contributed by atoms with Crippen molar-refractivity contribution in [3.63, 3.8) is 0 Å². The number of carbonyl (C=O) groups excluding carboxylic acids is 2. The maximum absolute atomic E-state index is 13.7. The molecule has 0 radical (unpaired) electrons. The smallest absolute Gasteiger partial charge is 0.242 e. The maximum atomic E-state index is 13.7. The summed E-state index contributed by atoms with van der Waals surface area (Å²) in [5.74, 6) is 1.60. The Morgan fingerprint density at radius 2 is 1.82 bits per heavy atom. The second-order valence-corrected chi connectivity index (χ2v) is 14.3. The molecule has 4 rings (SSSR count). The molecule has 1 saturated heterocycles. The van der Waals surface area contributed by atoms with Gasteiger partial charge in [-0.3, -0.25) is 14.4 Å². The first kappa shape index (κ1) is 33.4. The van der Waals surface area contributed by atoms with Crippen LogP contribution in [0.1, 0.15) is 43.4 Å². The number of carbonyl (C=O) groups is 2. The third kappa shape index (κ3) is 7.60. The number of aryl methyl sites for hydroxylation is 1. The van der Waals surface area contributed by atoms with Gasteiger partial charge in [0, 0.05) is 19.0 Å². The van der Waals surface area contributed by atoms with E-state index in [-0.39, 0.29) is 46.9 Å². The first-order valence-corrected chi connectivity index (χ1v) is 17.7. The average molecular weight is 648 g/mol. The van der Waals surface area contributed by atoms with E-state index in [1.807, 2.05) is 12.3 Å². The molecule has 3 N–H and O–H groups in total. The van der Waals surface area contributed by atoms with Gasteiger partial charge in [-0.25, -0.2) is 8.42 Å². The number of anilines is 1. The molecule has 13 heteroatoms. The van der Waals surface area contributed by atoms with Gasteiger partial charge in [0.05, 0.1) is 44.6 Å². The molecule has 1 aliphatic heterocycles. The van der Waals surface area contributed by atoms with Crippen molar-refractivity contribution in [2.24, 2.45) is 5.92 Å². The van der Waals surface area contributed by atoms with Gasteiger partial charge in [0.1, 0.15) is 6.04 Å². The first-order valence-electron chi connectivity index (χ1n) is 14.5. The third-order valence-corrected chi connectivity index (χ3v) is 10.5. The number of hydrogen-bond acceptors (Lipinski definition) is 10. The van der Waals surface area contributed by atoms with Crippen LogP contribution in [-0.4, -0.2) is 77.7 Å². The molecular weight excluding hydrogens is 606 g/mol. The minimum Gasteiger partial charge on any atom is -0.493 e. The number of fused-ring (bicyclic) bond motifs is 3. The summed E-state index contributed by atoms with van der Waals surface area (Å²) in [5.41, 5.74) is 2.84. The molecule has 0 saturated carbocycles. The Kier molecular flexibility index (Phi) is 11.1. The van der Waals surface area contributed by atoms with E-state index in [1.165, 1.54) is 20.1 Å². The lowest BCUT2D eigenvalue weighted by atomic mass is 9.95. The molecule has 0 aromatic heterocycles. The van der Waals surface area contributed by atoms with Crippen LogP contribution in [0.15, 0.2) is 29.1 Å². The quantitative estimate of drug-likeness (QED) is 0.314. The number of nitrogens with one attached hydrogen (secondary N) is 3. The zero-order valence-corrected chi connectivity index (χ0v) is 27.4. The SMILES string of the molecule is COc1cc2c(c(OC)c1OC)-c1ccc(NC(CCSC)C(=O)NCC3CCS(=O)(=O)C3)c(=O)cc1C(NC(C)=O)CC2. The normalized spacial score (nSPS) is 19.0. The second kappa shape index (κ2) is 14.6. The number of hydrogen-bond donors (Lipinski definition) is 3. The minimum atomic E-state index is -3.06. The Balaban J connectivity index is 1.76. The van der Waals surface area contributed by atoms with Gasteiger partial charge < -0.3 is 30.2 Å². The van der Waals surface area contributed by atoms with Crippen LogP contribution in [0.3, 0.4) is 0 Å². The molecule has 44 heavy (non-hydrogen) atoms. The van der Waals surface area contributed by atoms with E-state index in [2.05, 4.69) is 16.0 Å². The fraction of sp³-hybridized carbons (Fsp3) is 0.516. The number of benzene rings is 1. The Morgan fingerprint density at radius 3 is 2.43 bits per heavy atom. The van der Waals surface area contributed by atoms with Crippen LogP contribution < -0.4 is 35.6 Å². The average Bonchev–Trinajstić information content (AvgIpc) is 3.18. The summed E-state index contributed by atoms with van der Waals surface area (Å²) in [4.78, 5) is 39.3. The summed E-state index contributed by atoms with van der Waals surface area (Å²) in [6, 6.07) is 5.69. The van der Waals surface area contributed by atoms with Crippen LogP contribution in [0.4, 0.5) is 5.69 Å². The lowest BCUT2D eigenvalue weighted by molar-refractivity contribution is -0.122. The largest absolute Gasteiger partial charge is 0.493 e. The molecule has 3 unspecified atom stereocenters. The highest BCUT2D eigenvalue weighted by Crippen LogP contribution is 2.50. The van der Waals surface area contributed by atoms with Gasteiger partial charge >= 0.3 is 0 Å². The van der Waals surface area contributed by atoms with Gasteiger partial charge in [-0.1, -0.05) is 6.07 Å². The van der Waals surface area contributed by atoms with Crippen molar-refractivity contribution in [1.29, 1.82) is 0 Å². The Morgan fingerprint density at radius 1 is 1.07 bits per heavy atom. The van der Waals surface area contributed by atoms with Gasteiger partial charge in [-0.05, 0) is 78.5 Å². The van der Waals surface area contributed by atoms with Crippen molar-refractivity contribution in [1.82, 2.24) is 10.6 Å². The molecule has 2 amide bonds. The molecule has 2 aromatic rings. The molecular formula is C31H41N3O8S2. The van der Waals surface area contributed by atoms with Crippen molar-refractivity contribution in [3.05, 3.63) is 45.6 Å². The molecule has 2 aliphatic rings. The van der Waals surface area contributed by atoms with E-state index in [9.17, 15) is 22.8 Å². The number of thioether (sulfide) groups is 1. The lowest BCUT2D eigenvalue weighted by Gasteiger charge is -2.20. The fourth-order valence-electron chi connectivity index (χ4n) is 5.92. The van der Waals surface area contributed by atoms with E-state index in [0.29, 0.717) is 59.8 Å². The number of ether oxygens (including phenoxy) is 3. The molecule has 1 aliphatic carbocycles. The number of rotatable bonds is 12. The van der Waals surface area contributed by atoms with E-state index in [0.717, 1.165) is 11.1 Å². The molecule has 240 valence electrons. The highest BCUT2D eigenvalue weighted by Gasteiger charge is 2.31. The van der Waals surface area contributed by atoms with E-state index < -0.39 is 21.9 Å². The maximum Gasteiger partial charge on any atom is 0.242 e. The van der Waals surface area contributed by atoms with Crippen molar-refractivity contribution in [2.75, 3.05) is 56.7 Å². The van der Waals surface area contributed by atoms with Crippen molar-refractivity contribution < 1.29 is 32.2 Å². The zero-order valence-electron chi connectivity index (χ0n) is 25.8. The fourth-order valence-corrected chi connectivity index (χ4v) is 8.25. The highest BCUT2D eigenvalue weighted by molar-refractivity contribution is 7.98. The second-order valence-electron chi connectivity index (χ2n) is 11.1. The minimum absolute atomic E-state index is 0.0675. The summed E-state index contributed by atoms with van der Waals surface area (Å²) in [7, 11) is 1.56. The summed E-state index contributed by atoms with van der Waals surface area (Å²) in [6.45, 7) is 1.70. The highest BCUT2D eigenvalue weighted by atomic mass is 32.2. The Labute approximate surface area is 262 Å². The van der Waals surface area contributed by atoms with Crippen molar-refractivity contribution >= 4 is 39.1 Å². The van der Waals surface area contributed by atoms with Crippen LogP contribution in [0, 0.1) is 5.92 Å². The van der Waals surface area contributed by atoms with Crippen LogP contribution in [0.5, 0.6) is 17.2 Å². The van der Waals surface area contributed by atoms with Gasteiger partial charge in [-0.2, -0.15) is 11.8 Å². The van der Waals surface area contributed by atoms with E-state index in [1.54, 1.807) is 38.1 Å². The molecule has 11 nitrogen and oxygen atoms in total. The topological polar surface area (TPSA) is 149 Å². The summed E-state index contributed by atoms with van der Waals surface area (Å²) in [6.07, 6.45) is 4.02. The summed E-state index contributed by atoms with van der Waals surface area (Å²) in [5, 5.41) is 9.05. The zero-order chi connectivity index (χ0) is 32.0. The number of sulfone groups is 1. The third-order valence-electron chi connectivity index (χ3n) is 8.06. The van der Waals surface area contributed by atoms with Crippen LogP contribution in [-0.2, 0) is 25.8 Å². The number of amides is 2. The van der Waals surface area contributed by atoms with Gasteiger partial charge in [-0.15, -0.1) is 0 Å². The van der Waals surface area contributed by atoms with Crippen molar-refractivity contribution in [3.8, 4) is 28.4 Å². The Bertz CT molecular complexity index is 1560. The van der Waals surface area contributed by atoms with E-state index >= 15 is 0 Å². The first-order chi connectivity index (χ1) is 21.0. The van der Waals surface area contributed by atoms with Gasteiger partial charge in [0.25, 0.3) is 0 Å². The van der Waals surface area contributed by atoms with Crippen LogP contribution in [0.2, 0.25) is 0 Å². The number of methoxy groups -OCH3 is 3. The lowest BCUT2D eigenvalue weighted by Crippen LogP contribution is -2.42. The monoisotopic (exact) mass is 647 g/mol. The van der Waals surface area contributed by atoms with Crippen LogP contribution in [0.25, 0.3) is 11.1 Å². The van der Waals surface area contributed by atoms with Crippen LogP contribution >= 0.6 is 11.8 Å². The molecule has 3 atom stereocenters. The van der Waals surface area contributed by atoms with Crippen molar-refractivity contribution in [2.45, 2.75) is 44.7 Å². The predicted molar refractivity (Wildman–Crippen MR) is 173 cm³/mol. The van der Waals surface area contributed by atoms with Gasteiger partial charge in [0.2, 0.25) is 23.0 Å². The molecule has 1 fully saturated rings. The predicted octanol–water partition coefficient (Wildman–Crippen LogP) is 2.95. The molecule has 0 spiro atoms. The summed E-state index contributed by atoms with van der Waals surface area (Å²) < 4.78 is 40.8. The summed E-state index contributed by atoms with van der Waals surface area (Å²) >= 11 is 1.58. The van der Waals surface area contributed by atoms with Gasteiger partial charge in [0.15, 0.2) is 21.3 Å². The van der Waals surface area contributed by atoms with E-state index in [4.69, 9.17) is 14.2 Å². The molecule has 0 bridgehead atoms. The Hall–Kier alpha value is -3.45. The molecule has 2 aromatic carbocycles. The standard InChI is InChI=1S/C31H41N3O8S2/c1-18(35)33-23-8-6-20-14-27(40-2)29(41-3)30(42-4)28(20)21-7-9-24(26(36)15-22(21)23)34-25(10-12-43-5)31(37)32-16-19-11-13-44(38,39)17-19/h7,9,14-15,19,23,25H,6,8,10-13,16-17H2,1-5H3,(H,32,37)(H,33,35)(H,34,36). The molecule has 1 heterocycles.